The summed E-state index contributed by atoms with van der Waals surface area (Å²) in [7, 11) is 3.36. The van der Waals surface area contributed by atoms with E-state index in [1.165, 1.54) is 11.1 Å². The lowest BCUT2D eigenvalue weighted by Gasteiger charge is -2.07. The van der Waals surface area contributed by atoms with Gasteiger partial charge in [-0.1, -0.05) is 24.3 Å². The second-order valence-electron chi connectivity index (χ2n) is 4.30. The highest BCUT2D eigenvalue weighted by molar-refractivity contribution is 5.29. The Kier molecular flexibility index (Phi) is 6.91. The van der Waals surface area contributed by atoms with E-state index >= 15 is 0 Å². The highest BCUT2D eigenvalue weighted by Crippen LogP contribution is 2.13. The topological polar surface area (TPSA) is 30.5 Å². The maximum Gasteiger partial charge on any atom is 0.119 e. The fourth-order valence-electron chi connectivity index (χ4n) is 1.88. The lowest BCUT2D eigenvalue weighted by atomic mass is 10.2. The third kappa shape index (κ3) is 4.76. The molecule has 0 amide bonds. The molecule has 0 spiro atoms. The van der Waals surface area contributed by atoms with Gasteiger partial charge in [0, 0.05) is 13.1 Å². The molecule has 0 heterocycles. The molecule has 0 saturated carbocycles. The summed E-state index contributed by atoms with van der Waals surface area (Å²) in [5.74, 6) is 1.78. The number of benzene rings is 2. The van der Waals surface area contributed by atoms with Crippen molar-refractivity contribution < 1.29 is 21.9 Å². The van der Waals surface area contributed by atoms with E-state index in [4.69, 9.17) is 9.47 Å². The standard InChI is InChI=1S/C16H19NO2.ClH/c1-18-15-8-6-13(7-9-15)11-17-12-14-4-3-5-16(10-14)19-2;/h3-10,17H,11-12H2,1-2H3;1H/p-1. The van der Waals surface area contributed by atoms with E-state index in [0.29, 0.717) is 0 Å². The Hall–Kier alpha value is -1.71. The Labute approximate surface area is 126 Å². The van der Waals surface area contributed by atoms with Gasteiger partial charge in [-0.05, 0) is 35.4 Å². The molecule has 0 atom stereocenters. The predicted octanol–water partition coefficient (Wildman–Crippen LogP) is -0.00240. The summed E-state index contributed by atoms with van der Waals surface area (Å²) >= 11 is 0. The second-order valence-corrected chi connectivity index (χ2v) is 4.30. The summed E-state index contributed by atoms with van der Waals surface area (Å²) in [6.45, 7) is 1.66. The zero-order valence-electron chi connectivity index (χ0n) is 11.7. The average Bonchev–Trinajstić information content (AvgIpc) is 2.48. The number of rotatable bonds is 6. The summed E-state index contributed by atoms with van der Waals surface area (Å²) in [4.78, 5) is 0. The molecule has 3 nitrogen and oxygen atoms in total. The summed E-state index contributed by atoms with van der Waals surface area (Å²) in [6.07, 6.45) is 0. The molecule has 0 radical (unpaired) electrons. The van der Waals surface area contributed by atoms with Crippen molar-refractivity contribution in [2.75, 3.05) is 14.2 Å². The van der Waals surface area contributed by atoms with Crippen LogP contribution in [0.1, 0.15) is 11.1 Å². The Bertz CT molecular complexity index is 514. The molecule has 2 rings (SSSR count). The predicted molar refractivity (Wildman–Crippen MR) is 76.5 cm³/mol. The van der Waals surface area contributed by atoms with Crippen LogP contribution in [-0.2, 0) is 13.1 Å². The first kappa shape index (κ1) is 16.3. The summed E-state index contributed by atoms with van der Waals surface area (Å²) in [5, 5.41) is 3.41. The number of ether oxygens (including phenoxy) is 2. The van der Waals surface area contributed by atoms with Gasteiger partial charge in [-0.3, -0.25) is 0 Å². The van der Waals surface area contributed by atoms with Gasteiger partial charge in [-0.2, -0.15) is 0 Å². The Morgan fingerprint density at radius 2 is 1.45 bits per heavy atom. The van der Waals surface area contributed by atoms with Crippen molar-refractivity contribution in [2.24, 2.45) is 0 Å². The van der Waals surface area contributed by atoms with Crippen molar-refractivity contribution in [2.45, 2.75) is 13.1 Å². The van der Waals surface area contributed by atoms with Crippen LogP contribution in [0.15, 0.2) is 48.5 Å². The van der Waals surface area contributed by atoms with Gasteiger partial charge in [0.05, 0.1) is 14.2 Å². The van der Waals surface area contributed by atoms with Crippen molar-refractivity contribution in [1.29, 1.82) is 0 Å². The minimum atomic E-state index is 0. The molecule has 0 bridgehead atoms. The first-order valence-corrected chi connectivity index (χ1v) is 6.28. The third-order valence-corrected chi connectivity index (χ3v) is 2.95. The smallest absolute Gasteiger partial charge is 0.119 e. The van der Waals surface area contributed by atoms with Crippen LogP contribution in [0.2, 0.25) is 0 Å². The van der Waals surface area contributed by atoms with E-state index in [9.17, 15) is 0 Å². The fourth-order valence-corrected chi connectivity index (χ4v) is 1.88. The van der Waals surface area contributed by atoms with Gasteiger partial charge in [0.15, 0.2) is 0 Å². The van der Waals surface area contributed by atoms with Gasteiger partial charge in [0.1, 0.15) is 11.5 Å². The van der Waals surface area contributed by atoms with Crippen molar-refractivity contribution in [3.05, 3.63) is 59.7 Å². The van der Waals surface area contributed by atoms with E-state index < -0.39 is 0 Å². The van der Waals surface area contributed by atoms with E-state index in [1.807, 2.05) is 30.3 Å². The molecule has 4 heteroatoms. The zero-order chi connectivity index (χ0) is 13.5. The molecule has 1 N–H and O–H groups in total. The van der Waals surface area contributed by atoms with Crippen LogP contribution in [0.4, 0.5) is 0 Å². The van der Waals surface area contributed by atoms with Crippen molar-refractivity contribution in [1.82, 2.24) is 5.32 Å². The van der Waals surface area contributed by atoms with Gasteiger partial charge in [-0.25, -0.2) is 0 Å². The first-order chi connectivity index (χ1) is 9.31. The molecule has 0 fully saturated rings. The highest BCUT2D eigenvalue weighted by atomic mass is 35.5. The fraction of sp³-hybridized carbons (Fsp3) is 0.250. The number of methoxy groups -OCH3 is 2. The van der Waals surface area contributed by atoms with Crippen LogP contribution in [0.3, 0.4) is 0 Å². The minimum absolute atomic E-state index is 0. The van der Waals surface area contributed by atoms with Crippen LogP contribution in [0.5, 0.6) is 11.5 Å². The third-order valence-electron chi connectivity index (χ3n) is 2.95. The molecule has 0 saturated heterocycles. The van der Waals surface area contributed by atoms with Crippen LogP contribution in [0, 0.1) is 0 Å². The molecular weight excluding hydrogens is 274 g/mol. The first-order valence-electron chi connectivity index (χ1n) is 6.28. The number of hydrogen-bond donors (Lipinski definition) is 1. The van der Waals surface area contributed by atoms with Crippen LogP contribution in [0.25, 0.3) is 0 Å². The van der Waals surface area contributed by atoms with Crippen molar-refractivity contribution in [3.63, 3.8) is 0 Å². The molecule has 20 heavy (non-hydrogen) atoms. The largest absolute Gasteiger partial charge is 1.00 e. The summed E-state index contributed by atoms with van der Waals surface area (Å²) < 4.78 is 10.3. The van der Waals surface area contributed by atoms with Crippen LogP contribution < -0.4 is 27.2 Å². The molecule has 0 unspecified atom stereocenters. The molecule has 0 aliphatic rings. The van der Waals surface area contributed by atoms with Crippen molar-refractivity contribution in [3.8, 4) is 11.5 Å². The minimum Gasteiger partial charge on any atom is -1.00 e. The zero-order valence-corrected chi connectivity index (χ0v) is 12.5. The van der Waals surface area contributed by atoms with Gasteiger partial charge in [0.25, 0.3) is 0 Å². The van der Waals surface area contributed by atoms with Gasteiger partial charge >= 0.3 is 0 Å². The quantitative estimate of drug-likeness (QED) is 0.813. The number of halogens is 1. The average molecular weight is 293 g/mol. The molecule has 2 aromatic carbocycles. The molecule has 0 aliphatic carbocycles. The van der Waals surface area contributed by atoms with Gasteiger partial charge in [-0.15, -0.1) is 0 Å². The Morgan fingerprint density at radius 1 is 0.800 bits per heavy atom. The molecule has 2 aromatic rings. The maximum absolute atomic E-state index is 5.20. The van der Waals surface area contributed by atoms with Gasteiger partial charge in [0.2, 0.25) is 0 Å². The van der Waals surface area contributed by atoms with E-state index in [0.717, 1.165) is 24.6 Å². The monoisotopic (exact) mass is 292 g/mol. The highest BCUT2D eigenvalue weighted by Gasteiger charge is 1.97. The molecule has 108 valence electrons. The van der Waals surface area contributed by atoms with Crippen LogP contribution >= 0.6 is 0 Å². The van der Waals surface area contributed by atoms with E-state index in [2.05, 4.69) is 23.5 Å². The summed E-state index contributed by atoms with van der Waals surface area (Å²) in [5.41, 5.74) is 2.46. The maximum atomic E-state index is 5.20. The lowest BCUT2D eigenvalue weighted by Crippen LogP contribution is -3.00. The Balaban J connectivity index is 0.00000200. The Morgan fingerprint density at radius 3 is 2.10 bits per heavy atom. The van der Waals surface area contributed by atoms with E-state index in [1.54, 1.807) is 14.2 Å². The summed E-state index contributed by atoms with van der Waals surface area (Å²) in [6, 6.07) is 16.2. The SMILES string of the molecule is COc1ccc(CNCc2cccc(OC)c2)cc1.[Cl-]. The molecule has 0 aliphatic heterocycles. The second kappa shape index (κ2) is 8.46. The number of nitrogens with one attached hydrogen (secondary N) is 1. The number of hydrogen-bond acceptors (Lipinski definition) is 3. The van der Waals surface area contributed by atoms with E-state index in [-0.39, 0.29) is 12.4 Å². The van der Waals surface area contributed by atoms with Gasteiger partial charge < -0.3 is 27.2 Å². The normalized spacial score (nSPS) is 9.70. The lowest BCUT2D eigenvalue weighted by molar-refractivity contribution is -0.00000456. The molecular formula is C16H19ClNO2-. The van der Waals surface area contributed by atoms with Crippen LogP contribution in [-0.4, -0.2) is 14.2 Å². The van der Waals surface area contributed by atoms with Crippen molar-refractivity contribution >= 4 is 0 Å². The molecule has 0 aromatic heterocycles.